The summed E-state index contributed by atoms with van der Waals surface area (Å²) in [5, 5.41) is 6.43. The van der Waals surface area contributed by atoms with Crippen molar-refractivity contribution >= 4 is 34.7 Å². The molecule has 0 saturated carbocycles. The van der Waals surface area contributed by atoms with Crippen molar-refractivity contribution in [1.29, 1.82) is 0 Å². The summed E-state index contributed by atoms with van der Waals surface area (Å²) >= 11 is 6.12. The van der Waals surface area contributed by atoms with Gasteiger partial charge in [-0.3, -0.25) is 4.79 Å². The highest BCUT2D eigenvalue weighted by atomic mass is 35.5. The number of carbonyl (C=O) groups excluding carboxylic acids is 1. The number of benzene rings is 2. The number of nitrogens with zero attached hydrogens (tertiary/aromatic N) is 1. The molecule has 0 radical (unpaired) electrons. The van der Waals surface area contributed by atoms with Crippen molar-refractivity contribution in [2.45, 2.75) is 6.92 Å². The topological polar surface area (TPSA) is 72.5 Å². The van der Waals surface area contributed by atoms with E-state index in [0.29, 0.717) is 33.6 Å². The predicted octanol–water partition coefficient (Wildman–Crippen LogP) is 5.06. The molecule has 0 unspecified atom stereocenters. The molecule has 0 aliphatic carbocycles. The van der Waals surface area contributed by atoms with Crippen molar-refractivity contribution in [3.05, 3.63) is 70.9 Å². The van der Waals surface area contributed by atoms with Crippen LogP contribution in [-0.2, 0) is 0 Å². The first kappa shape index (κ1) is 19.5. The summed E-state index contributed by atoms with van der Waals surface area (Å²) in [5.41, 5.74) is 2.96. The van der Waals surface area contributed by atoms with Crippen LogP contribution in [0.25, 0.3) is 0 Å². The van der Waals surface area contributed by atoms with Gasteiger partial charge in [0.05, 0.1) is 30.5 Å². The van der Waals surface area contributed by atoms with Crippen LogP contribution in [0.4, 0.5) is 17.2 Å². The fraction of sp³-hybridized carbons (Fsp3) is 0.143. The van der Waals surface area contributed by atoms with Crippen LogP contribution in [0.2, 0.25) is 5.02 Å². The van der Waals surface area contributed by atoms with Crippen molar-refractivity contribution in [2.75, 3.05) is 24.9 Å². The van der Waals surface area contributed by atoms with Gasteiger partial charge in [-0.05, 0) is 31.2 Å². The minimum absolute atomic E-state index is 0.228. The third-order valence-electron chi connectivity index (χ3n) is 4.07. The number of halogens is 1. The molecule has 0 aliphatic rings. The number of methoxy groups -OCH3 is 2. The number of carbonyl (C=O) groups is 1. The largest absolute Gasteiger partial charge is 0.495 e. The molecule has 0 fully saturated rings. The van der Waals surface area contributed by atoms with Gasteiger partial charge in [-0.2, -0.15) is 0 Å². The van der Waals surface area contributed by atoms with E-state index in [4.69, 9.17) is 21.1 Å². The van der Waals surface area contributed by atoms with Gasteiger partial charge in [0.25, 0.3) is 5.91 Å². The molecular weight excluding hydrogens is 378 g/mol. The summed E-state index contributed by atoms with van der Waals surface area (Å²) in [4.78, 5) is 16.7. The van der Waals surface area contributed by atoms with E-state index in [2.05, 4.69) is 15.6 Å². The average molecular weight is 398 g/mol. The zero-order valence-electron chi connectivity index (χ0n) is 15.7. The fourth-order valence-electron chi connectivity index (χ4n) is 2.54. The first-order chi connectivity index (χ1) is 13.5. The third kappa shape index (κ3) is 4.53. The van der Waals surface area contributed by atoms with Crippen LogP contribution in [0.3, 0.4) is 0 Å². The van der Waals surface area contributed by atoms with Crippen LogP contribution in [0.15, 0.2) is 54.7 Å². The van der Waals surface area contributed by atoms with Crippen molar-refractivity contribution in [3.8, 4) is 11.5 Å². The van der Waals surface area contributed by atoms with E-state index in [1.807, 2.05) is 31.2 Å². The van der Waals surface area contributed by atoms with Gasteiger partial charge in [-0.15, -0.1) is 0 Å². The molecule has 2 N–H and O–H groups in total. The fourth-order valence-corrected chi connectivity index (χ4v) is 2.77. The molecule has 7 heteroatoms. The summed E-state index contributed by atoms with van der Waals surface area (Å²) in [6.07, 6.45) is 1.51. The highest BCUT2D eigenvalue weighted by Gasteiger charge is 2.12. The number of hydrogen-bond acceptors (Lipinski definition) is 5. The molecule has 0 aliphatic heterocycles. The number of nitrogens with one attached hydrogen (secondary N) is 2. The second-order valence-corrected chi connectivity index (χ2v) is 6.47. The molecule has 0 bridgehead atoms. The first-order valence-electron chi connectivity index (χ1n) is 8.53. The zero-order chi connectivity index (χ0) is 20.1. The van der Waals surface area contributed by atoms with Crippen molar-refractivity contribution in [1.82, 2.24) is 4.98 Å². The highest BCUT2D eigenvalue weighted by molar-refractivity contribution is 6.32. The lowest BCUT2D eigenvalue weighted by Crippen LogP contribution is -2.12. The second kappa shape index (κ2) is 8.63. The quantitative estimate of drug-likeness (QED) is 0.608. The molecule has 2 aromatic carbocycles. The monoisotopic (exact) mass is 397 g/mol. The molecule has 3 aromatic rings. The van der Waals surface area contributed by atoms with E-state index in [1.165, 1.54) is 13.3 Å². The number of rotatable bonds is 6. The van der Waals surface area contributed by atoms with Crippen LogP contribution < -0.4 is 20.1 Å². The molecule has 0 saturated heterocycles. The van der Waals surface area contributed by atoms with Crippen LogP contribution in [0.1, 0.15) is 15.9 Å². The smallest absolute Gasteiger partial charge is 0.257 e. The Morgan fingerprint density at radius 2 is 1.71 bits per heavy atom. The summed E-state index contributed by atoms with van der Waals surface area (Å²) in [7, 11) is 3.09. The Morgan fingerprint density at radius 1 is 1.00 bits per heavy atom. The van der Waals surface area contributed by atoms with Gasteiger partial charge < -0.3 is 20.1 Å². The van der Waals surface area contributed by atoms with Crippen molar-refractivity contribution in [2.24, 2.45) is 0 Å². The number of aromatic nitrogens is 1. The Balaban J connectivity index is 1.74. The molecule has 3 rings (SSSR count). The van der Waals surface area contributed by atoms with Gasteiger partial charge in [0, 0.05) is 24.0 Å². The van der Waals surface area contributed by atoms with Crippen LogP contribution in [0, 0.1) is 6.92 Å². The Morgan fingerprint density at radius 3 is 2.32 bits per heavy atom. The number of ether oxygens (including phenoxy) is 2. The second-order valence-electron chi connectivity index (χ2n) is 6.06. The molecule has 1 aromatic heterocycles. The van der Waals surface area contributed by atoms with Gasteiger partial charge in [-0.25, -0.2) is 4.98 Å². The van der Waals surface area contributed by atoms with E-state index < -0.39 is 0 Å². The molecule has 0 spiro atoms. The molecular formula is C21H20ClN3O3. The van der Waals surface area contributed by atoms with Crippen LogP contribution in [0.5, 0.6) is 11.5 Å². The van der Waals surface area contributed by atoms with Gasteiger partial charge in [0.2, 0.25) is 0 Å². The molecule has 1 heterocycles. The van der Waals surface area contributed by atoms with Gasteiger partial charge in [0.1, 0.15) is 17.3 Å². The minimum Gasteiger partial charge on any atom is -0.495 e. The zero-order valence-corrected chi connectivity index (χ0v) is 16.5. The summed E-state index contributed by atoms with van der Waals surface area (Å²) in [6.45, 7) is 1.99. The molecule has 1 amide bonds. The van der Waals surface area contributed by atoms with Gasteiger partial charge in [0.15, 0.2) is 0 Å². The maximum Gasteiger partial charge on any atom is 0.257 e. The lowest BCUT2D eigenvalue weighted by molar-refractivity contribution is 0.102. The van der Waals surface area contributed by atoms with E-state index in [9.17, 15) is 4.79 Å². The number of pyridine rings is 1. The normalized spacial score (nSPS) is 10.3. The third-order valence-corrected chi connectivity index (χ3v) is 4.37. The van der Waals surface area contributed by atoms with Crippen LogP contribution >= 0.6 is 11.6 Å². The number of aryl methyl sites for hydroxylation is 1. The highest BCUT2D eigenvalue weighted by Crippen LogP contribution is 2.37. The summed E-state index contributed by atoms with van der Waals surface area (Å²) in [5.74, 6) is 1.39. The average Bonchev–Trinajstić information content (AvgIpc) is 2.71. The van der Waals surface area contributed by atoms with E-state index in [-0.39, 0.29) is 5.91 Å². The predicted molar refractivity (Wildman–Crippen MR) is 111 cm³/mol. The lowest BCUT2D eigenvalue weighted by Gasteiger charge is -2.13. The summed E-state index contributed by atoms with van der Waals surface area (Å²) < 4.78 is 10.6. The first-order valence-corrected chi connectivity index (χ1v) is 8.90. The van der Waals surface area contributed by atoms with Crippen molar-refractivity contribution in [3.63, 3.8) is 0 Å². The Bertz CT molecular complexity index is 973. The number of anilines is 3. The SMILES string of the molecule is COc1cc(Nc2ccc(C(=O)Nc3ccc(C)cc3)cn2)c(OC)cc1Cl. The van der Waals surface area contributed by atoms with E-state index in [1.54, 1.807) is 31.4 Å². The number of amides is 1. The molecule has 0 atom stereocenters. The molecule has 6 nitrogen and oxygen atoms in total. The Hall–Kier alpha value is -3.25. The maximum absolute atomic E-state index is 12.4. The summed E-state index contributed by atoms with van der Waals surface area (Å²) in [6, 6.07) is 14.4. The van der Waals surface area contributed by atoms with E-state index >= 15 is 0 Å². The molecule has 28 heavy (non-hydrogen) atoms. The van der Waals surface area contributed by atoms with Crippen LogP contribution in [-0.4, -0.2) is 25.1 Å². The molecule has 144 valence electrons. The van der Waals surface area contributed by atoms with Gasteiger partial charge >= 0.3 is 0 Å². The Kier molecular flexibility index (Phi) is 6.01. The van der Waals surface area contributed by atoms with Crippen molar-refractivity contribution < 1.29 is 14.3 Å². The maximum atomic E-state index is 12.4. The van der Waals surface area contributed by atoms with Gasteiger partial charge in [-0.1, -0.05) is 29.3 Å². The minimum atomic E-state index is -0.228. The Labute approximate surface area is 168 Å². The standard InChI is InChI=1S/C21H20ClN3O3/c1-13-4-7-15(8-5-13)24-21(26)14-6-9-20(23-12-14)25-17-11-18(27-2)16(22)10-19(17)28-3/h4-12H,1-3H3,(H,23,25)(H,24,26). The lowest BCUT2D eigenvalue weighted by atomic mass is 10.2. The van der Waals surface area contributed by atoms with E-state index in [0.717, 1.165) is 11.3 Å². The number of hydrogen-bond donors (Lipinski definition) is 2.